The molecule has 30 heavy (non-hydrogen) atoms. The predicted octanol–water partition coefficient (Wildman–Crippen LogP) is 4.11. The number of ether oxygens (including phenoxy) is 1. The Bertz CT molecular complexity index is 1300. The van der Waals surface area contributed by atoms with Gasteiger partial charge in [0.15, 0.2) is 4.77 Å². The van der Waals surface area contributed by atoms with Gasteiger partial charge in [0.05, 0.1) is 19.2 Å². The zero-order valence-electron chi connectivity index (χ0n) is 16.2. The van der Waals surface area contributed by atoms with Crippen molar-refractivity contribution in [3.63, 3.8) is 0 Å². The second-order valence-corrected chi connectivity index (χ2v) is 8.02. The van der Waals surface area contributed by atoms with E-state index in [2.05, 4.69) is 10.3 Å². The lowest BCUT2D eigenvalue weighted by Crippen LogP contribution is -2.23. The number of carbonyl (C=O) groups is 1. The first-order chi connectivity index (χ1) is 14.5. The van der Waals surface area contributed by atoms with Gasteiger partial charge in [0.2, 0.25) is 0 Å². The van der Waals surface area contributed by atoms with Crippen molar-refractivity contribution in [2.75, 3.05) is 7.11 Å². The summed E-state index contributed by atoms with van der Waals surface area (Å²) in [7, 11) is 1.62. The molecule has 0 fully saturated rings. The van der Waals surface area contributed by atoms with Crippen LogP contribution in [0.4, 0.5) is 0 Å². The van der Waals surface area contributed by atoms with Crippen LogP contribution < -0.4 is 15.6 Å². The third-order valence-corrected chi connectivity index (χ3v) is 5.99. The Kier molecular flexibility index (Phi) is 5.78. The number of benzene rings is 2. The Balaban J connectivity index is 1.44. The maximum atomic E-state index is 12.7. The molecule has 2 N–H and O–H groups in total. The van der Waals surface area contributed by atoms with Gasteiger partial charge in [-0.15, -0.1) is 11.3 Å². The van der Waals surface area contributed by atoms with Crippen molar-refractivity contribution < 1.29 is 9.53 Å². The average molecular weight is 438 g/mol. The average Bonchev–Trinajstić information content (AvgIpc) is 3.24. The maximum Gasteiger partial charge on any atom is 0.272 e. The van der Waals surface area contributed by atoms with Crippen molar-refractivity contribution in [1.82, 2.24) is 14.9 Å². The molecular weight excluding hydrogens is 418 g/mol. The largest absolute Gasteiger partial charge is 0.497 e. The zero-order chi connectivity index (χ0) is 21.1. The maximum absolute atomic E-state index is 12.7. The molecule has 0 aliphatic carbocycles. The molecule has 2 aromatic carbocycles. The lowest BCUT2D eigenvalue weighted by Gasteiger charge is -2.09. The van der Waals surface area contributed by atoms with Gasteiger partial charge in [-0.3, -0.25) is 14.2 Å². The number of thiophene rings is 1. The monoisotopic (exact) mass is 437 g/mol. The van der Waals surface area contributed by atoms with E-state index < -0.39 is 0 Å². The van der Waals surface area contributed by atoms with Crippen LogP contribution in [0.3, 0.4) is 0 Å². The number of hydrogen-bond donors (Lipinski definition) is 2. The van der Waals surface area contributed by atoms with E-state index >= 15 is 0 Å². The summed E-state index contributed by atoms with van der Waals surface area (Å²) in [6.07, 6.45) is 0. The first-order valence-electron chi connectivity index (χ1n) is 9.25. The molecule has 6 nitrogen and oxygen atoms in total. The lowest BCUT2D eigenvalue weighted by atomic mass is 10.1. The van der Waals surface area contributed by atoms with Crippen LogP contribution in [-0.4, -0.2) is 22.6 Å². The highest BCUT2D eigenvalue weighted by Crippen LogP contribution is 2.15. The van der Waals surface area contributed by atoms with Gasteiger partial charge in [-0.1, -0.05) is 24.3 Å². The van der Waals surface area contributed by atoms with E-state index in [1.54, 1.807) is 19.2 Å². The van der Waals surface area contributed by atoms with Crippen LogP contribution in [0, 0.1) is 4.77 Å². The third-order valence-electron chi connectivity index (χ3n) is 4.76. The van der Waals surface area contributed by atoms with Crippen molar-refractivity contribution in [2.45, 2.75) is 13.1 Å². The van der Waals surface area contributed by atoms with Gasteiger partial charge in [0.25, 0.3) is 11.5 Å². The van der Waals surface area contributed by atoms with Crippen molar-refractivity contribution in [3.05, 3.63) is 91.8 Å². The molecule has 0 aliphatic rings. The molecular formula is C22H19N3O3S2. The standard InChI is InChI=1S/C22H19N3O3S2/c1-28-17-8-4-14(5-9-17)12-23-20(26)16-6-2-15(3-7-16)13-25-21(27)19-18(10-11-30-19)24-22(25)29/h2-11H,12-13H2,1H3,(H,23,26)(H,24,29). The third kappa shape index (κ3) is 4.19. The second kappa shape index (κ2) is 8.64. The molecule has 0 atom stereocenters. The summed E-state index contributed by atoms with van der Waals surface area (Å²) < 4.78 is 7.70. The van der Waals surface area contributed by atoms with E-state index in [1.165, 1.54) is 15.9 Å². The molecule has 8 heteroatoms. The molecule has 0 spiro atoms. The number of fused-ring (bicyclic) bond motifs is 1. The molecule has 0 bridgehead atoms. The van der Waals surface area contributed by atoms with Crippen molar-refractivity contribution >= 4 is 39.7 Å². The molecule has 152 valence electrons. The Morgan fingerprint density at radius 1 is 1.10 bits per heavy atom. The number of amides is 1. The molecule has 0 radical (unpaired) electrons. The second-order valence-electron chi connectivity index (χ2n) is 6.71. The molecule has 0 saturated heterocycles. The van der Waals surface area contributed by atoms with Crippen molar-refractivity contribution in [1.29, 1.82) is 0 Å². The number of methoxy groups -OCH3 is 1. The van der Waals surface area contributed by atoms with E-state index in [1.807, 2.05) is 47.8 Å². The zero-order valence-corrected chi connectivity index (χ0v) is 17.8. The van der Waals surface area contributed by atoms with Gasteiger partial charge < -0.3 is 15.0 Å². The van der Waals surface area contributed by atoms with E-state index in [0.717, 1.165) is 22.4 Å². The van der Waals surface area contributed by atoms with Crippen molar-refractivity contribution in [2.24, 2.45) is 0 Å². The number of carbonyl (C=O) groups excluding carboxylic acids is 1. The van der Waals surface area contributed by atoms with Gasteiger partial charge in [-0.05, 0) is 59.1 Å². The smallest absolute Gasteiger partial charge is 0.272 e. The summed E-state index contributed by atoms with van der Waals surface area (Å²) in [5, 5.41) is 4.76. The van der Waals surface area contributed by atoms with Crippen LogP contribution in [0.5, 0.6) is 5.75 Å². The summed E-state index contributed by atoms with van der Waals surface area (Å²) in [5.41, 5.74) is 3.08. The van der Waals surface area contributed by atoms with Crippen molar-refractivity contribution in [3.8, 4) is 5.75 Å². The van der Waals surface area contributed by atoms with Crippen LogP contribution in [0.1, 0.15) is 21.5 Å². The summed E-state index contributed by atoms with van der Waals surface area (Å²) in [6.45, 7) is 0.770. The van der Waals surface area contributed by atoms with Gasteiger partial charge >= 0.3 is 0 Å². The molecule has 2 aromatic heterocycles. The minimum absolute atomic E-state index is 0.106. The van der Waals surface area contributed by atoms with Crippen LogP contribution in [0.2, 0.25) is 0 Å². The highest BCUT2D eigenvalue weighted by Gasteiger charge is 2.09. The summed E-state index contributed by atoms with van der Waals surface area (Å²) in [6, 6.07) is 16.6. The molecule has 4 aromatic rings. The highest BCUT2D eigenvalue weighted by atomic mass is 32.1. The highest BCUT2D eigenvalue weighted by molar-refractivity contribution is 7.71. The number of aromatic amines is 1. The SMILES string of the molecule is COc1ccc(CNC(=O)c2ccc(Cn3c(=S)[nH]c4ccsc4c3=O)cc2)cc1. The van der Waals surface area contributed by atoms with E-state index in [9.17, 15) is 9.59 Å². The van der Waals surface area contributed by atoms with Crippen LogP contribution in [-0.2, 0) is 13.1 Å². The Hall–Kier alpha value is -3.23. The van der Waals surface area contributed by atoms with E-state index in [4.69, 9.17) is 17.0 Å². The fourth-order valence-electron chi connectivity index (χ4n) is 3.09. The Morgan fingerprint density at radius 2 is 1.80 bits per heavy atom. The first kappa shape index (κ1) is 20.1. The lowest BCUT2D eigenvalue weighted by molar-refractivity contribution is 0.0951. The Labute approximate surface area is 181 Å². The van der Waals surface area contributed by atoms with Crippen LogP contribution >= 0.6 is 23.6 Å². The molecule has 2 heterocycles. The van der Waals surface area contributed by atoms with Gasteiger partial charge in [0.1, 0.15) is 10.4 Å². The van der Waals surface area contributed by atoms with Gasteiger partial charge in [0, 0.05) is 12.1 Å². The molecule has 0 aliphatic heterocycles. The van der Waals surface area contributed by atoms with Gasteiger partial charge in [-0.25, -0.2) is 0 Å². The topological polar surface area (TPSA) is 76.1 Å². The predicted molar refractivity (Wildman–Crippen MR) is 121 cm³/mol. The number of nitrogens with one attached hydrogen (secondary N) is 2. The van der Waals surface area contributed by atoms with E-state index in [-0.39, 0.29) is 11.5 Å². The molecule has 1 amide bonds. The van der Waals surface area contributed by atoms with Crippen LogP contribution in [0.15, 0.2) is 64.8 Å². The fourth-order valence-corrected chi connectivity index (χ4v) is 4.14. The first-order valence-corrected chi connectivity index (χ1v) is 10.5. The minimum atomic E-state index is -0.160. The van der Waals surface area contributed by atoms with E-state index in [0.29, 0.717) is 28.1 Å². The summed E-state index contributed by atoms with van der Waals surface area (Å²) in [5.74, 6) is 0.615. The molecule has 0 unspecified atom stereocenters. The number of H-pyrrole nitrogens is 1. The quantitative estimate of drug-likeness (QED) is 0.445. The fraction of sp³-hybridized carbons (Fsp3) is 0.136. The minimum Gasteiger partial charge on any atom is -0.497 e. The van der Waals surface area contributed by atoms with Crippen LogP contribution in [0.25, 0.3) is 10.2 Å². The van der Waals surface area contributed by atoms with Gasteiger partial charge in [-0.2, -0.15) is 0 Å². The summed E-state index contributed by atoms with van der Waals surface area (Å²) in [4.78, 5) is 28.2. The number of aromatic nitrogens is 2. The summed E-state index contributed by atoms with van der Waals surface area (Å²) >= 11 is 6.72. The number of rotatable bonds is 6. The Morgan fingerprint density at radius 3 is 2.50 bits per heavy atom. The number of nitrogens with zero attached hydrogens (tertiary/aromatic N) is 1. The molecule has 0 saturated carbocycles. The molecule has 4 rings (SSSR count). The number of hydrogen-bond acceptors (Lipinski definition) is 5. The normalized spacial score (nSPS) is 10.8.